The van der Waals surface area contributed by atoms with Gasteiger partial charge in [0.1, 0.15) is 0 Å². The second-order valence-corrected chi connectivity index (χ2v) is 6.07. The number of nitrogens with one attached hydrogen (secondary N) is 1. The zero-order valence-electron chi connectivity index (χ0n) is 12.9. The largest absolute Gasteiger partial charge is 0.349 e. The highest BCUT2D eigenvalue weighted by molar-refractivity contribution is 6.31. The van der Waals surface area contributed by atoms with Crippen molar-refractivity contribution >= 4 is 28.3 Å². The molecule has 3 heteroatoms. The molecular formula is C20H18ClNO. The maximum Gasteiger partial charge on any atom is 0.224 e. The number of rotatable bonds is 4. The Morgan fingerprint density at radius 2 is 1.70 bits per heavy atom. The van der Waals surface area contributed by atoms with Gasteiger partial charge in [-0.3, -0.25) is 4.79 Å². The highest BCUT2D eigenvalue weighted by atomic mass is 35.5. The van der Waals surface area contributed by atoms with Gasteiger partial charge in [-0.2, -0.15) is 0 Å². The van der Waals surface area contributed by atoms with Gasteiger partial charge in [0.05, 0.1) is 12.5 Å². The quantitative estimate of drug-likeness (QED) is 0.726. The minimum absolute atomic E-state index is 0.0289. The molecule has 0 aromatic heterocycles. The van der Waals surface area contributed by atoms with Crippen molar-refractivity contribution in [2.24, 2.45) is 0 Å². The van der Waals surface area contributed by atoms with Crippen LogP contribution in [0.1, 0.15) is 24.1 Å². The molecule has 2 nitrogen and oxygen atoms in total. The van der Waals surface area contributed by atoms with Gasteiger partial charge in [-0.05, 0) is 41.0 Å². The number of carbonyl (C=O) groups excluding carboxylic acids is 1. The van der Waals surface area contributed by atoms with Crippen molar-refractivity contribution in [3.05, 3.63) is 82.9 Å². The van der Waals surface area contributed by atoms with Crippen LogP contribution in [0.15, 0.2) is 66.7 Å². The molecular weight excluding hydrogens is 306 g/mol. The van der Waals surface area contributed by atoms with Crippen LogP contribution in [-0.4, -0.2) is 5.91 Å². The number of halogens is 1. The third-order valence-corrected chi connectivity index (χ3v) is 4.33. The molecule has 1 unspecified atom stereocenters. The molecule has 0 radical (unpaired) electrons. The zero-order chi connectivity index (χ0) is 16.2. The van der Waals surface area contributed by atoms with Gasteiger partial charge in [0.15, 0.2) is 0 Å². The Morgan fingerprint density at radius 1 is 1.00 bits per heavy atom. The lowest BCUT2D eigenvalue weighted by atomic mass is 10.0. The molecule has 0 saturated carbocycles. The molecule has 3 rings (SSSR count). The third kappa shape index (κ3) is 3.72. The first-order valence-corrected chi connectivity index (χ1v) is 8.03. The molecule has 116 valence electrons. The molecule has 1 amide bonds. The number of hydrogen-bond acceptors (Lipinski definition) is 1. The van der Waals surface area contributed by atoms with E-state index in [1.165, 1.54) is 10.8 Å². The fourth-order valence-electron chi connectivity index (χ4n) is 2.67. The van der Waals surface area contributed by atoms with Crippen molar-refractivity contribution < 1.29 is 4.79 Å². The number of fused-ring (bicyclic) bond motifs is 1. The molecule has 0 aliphatic heterocycles. The van der Waals surface area contributed by atoms with Gasteiger partial charge < -0.3 is 5.32 Å². The number of carbonyl (C=O) groups is 1. The monoisotopic (exact) mass is 323 g/mol. The van der Waals surface area contributed by atoms with E-state index >= 15 is 0 Å². The Morgan fingerprint density at radius 3 is 2.48 bits per heavy atom. The maximum absolute atomic E-state index is 12.2. The van der Waals surface area contributed by atoms with Crippen LogP contribution in [0.4, 0.5) is 0 Å². The van der Waals surface area contributed by atoms with E-state index in [2.05, 4.69) is 35.6 Å². The van der Waals surface area contributed by atoms with Crippen LogP contribution in [0, 0.1) is 0 Å². The summed E-state index contributed by atoms with van der Waals surface area (Å²) in [5.74, 6) is -0.0289. The van der Waals surface area contributed by atoms with Crippen LogP contribution in [0.25, 0.3) is 10.8 Å². The molecule has 3 aromatic rings. The minimum atomic E-state index is -0.0467. The molecule has 3 aromatic carbocycles. The summed E-state index contributed by atoms with van der Waals surface area (Å²) in [4.78, 5) is 12.2. The summed E-state index contributed by atoms with van der Waals surface area (Å²) in [6.45, 7) is 1.99. The molecule has 0 heterocycles. The fourth-order valence-corrected chi connectivity index (χ4v) is 2.87. The average Bonchev–Trinajstić information content (AvgIpc) is 2.56. The predicted molar refractivity (Wildman–Crippen MR) is 95.7 cm³/mol. The van der Waals surface area contributed by atoms with E-state index in [-0.39, 0.29) is 18.4 Å². The van der Waals surface area contributed by atoms with E-state index in [4.69, 9.17) is 11.6 Å². The van der Waals surface area contributed by atoms with Crippen molar-refractivity contribution in [1.82, 2.24) is 5.32 Å². The molecule has 23 heavy (non-hydrogen) atoms. The first-order chi connectivity index (χ1) is 11.1. The first kappa shape index (κ1) is 15.6. The number of hydrogen-bond donors (Lipinski definition) is 1. The van der Waals surface area contributed by atoms with Crippen molar-refractivity contribution in [1.29, 1.82) is 0 Å². The van der Waals surface area contributed by atoms with Crippen molar-refractivity contribution in [3.8, 4) is 0 Å². The number of amides is 1. The standard InChI is InChI=1S/C20H18ClNO/c1-14(16-11-10-15-6-2-3-7-17(15)12-16)22-20(23)13-18-8-4-5-9-19(18)21/h2-12,14H,13H2,1H3,(H,22,23). The van der Waals surface area contributed by atoms with Crippen LogP contribution in [0.5, 0.6) is 0 Å². The minimum Gasteiger partial charge on any atom is -0.349 e. The average molecular weight is 324 g/mol. The molecule has 0 spiro atoms. The van der Waals surface area contributed by atoms with E-state index in [0.29, 0.717) is 5.02 Å². The summed E-state index contributed by atoms with van der Waals surface area (Å²) in [5.41, 5.74) is 1.94. The van der Waals surface area contributed by atoms with E-state index in [9.17, 15) is 4.79 Å². The second kappa shape index (κ2) is 6.84. The van der Waals surface area contributed by atoms with E-state index in [1.54, 1.807) is 6.07 Å². The molecule has 0 fully saturated rings. The van der Waals surface area contributed by atoms with Crippen LogP contribution < -0.4 is 5.32 Å². The smallest absolute Gasteiger partial charge is 0.224 e. The van der Waals surface area contributed by atoms with Gasteiger partial charge in [-0.15, -0.1) is 0 Å². The lowest BCUT2D eigenvalue weighted by molar-refractivity contribution is -0.121. The Hall–Kier alpha value is -2.32. The Bertz CT molecular complexity index is 844. The summed E-state index contributed by atoms with van der Waals surface area (Å²) < 4.78 is 0. The van der Waals surface area contributed by atoms with Crippen LogP contribution in [-0.2, 0) is 11.2 Å². The van der Waals surface area contributed by atoms with Gasteiger partial charge in [0, 0.05) is 5.02 Å². The topological polar surface area (TPSA) is 29.1 Å². The summed E-state index contributed by atoms with van der Waals surface area (Å²) in [6, 6.07) is 21.9. The molecule has 1 atom stereocenters. The van der Waals surface area contributed by atoms with E-state index < -0.39 is 0 Å². The van der Waals surface area contributed by atoms with E-state index in [1.807, 2.05) is 37.3 Å². The predicted octanol–water partition coefficient (Wildman–Crippen LogP) is 4.91. The second-order valence-electron chi connectivity index (χ2n) is 5.66. The van der Waals surface area contributed by atoms with Crippen LogP contribution >= 0.6 is 11.6 Å². The van der Waals surface area contributed by atoms with Crippen molar-refractivity contribution in [2.45, 2.75) is 19.4 Å². The Balaban J connectivity index is 1.71. The lowest BCUT2D eigenvalue weighted by Crippen LogP contribution is -2.28. The highest BCUT2D eigenvalue weighted by Gasteiger charge is 2.12. The van der Waals surface area contributed by atoms with Crippen LogP contribution in [0.2, 0.25) is 5.02 Å². The van der Waals surface area contributed by atoms with Gasteiger partial charge in [-0.25, -0.2) is 0 Å². The van der Waals surface area contributed by atoms with Gasteiger partial charge in [-0.1, -0.05) is 66.2 Å². The number of benzene rings is 3. The normalized spacial score (nSPS) is 12.1. The summed E-state index contributed by atoms with van der Waals surface area (Å²) in [7, 11) is 0. The maximum atomic E-state index is 12.2. The molecule has 0 bridgehead atoms. The van der Waals surface area contributed by atoms with Gasteiger partial charge in [0.25, 0.3) is 0 Å². The summed E-state index contributed by atoms with van der Waals surface area (Å²) in [5, 5.41) is 6.04. The molecule has 0 saturated heterocycles. The fraction of sp³-hybridized carbons (Fsp3) is 0.150. The summed E-state index contributed by atoms with van der Waals surface area (Å²) >= 11 is 6.11. The summed E-state index contributed by atoms with van der Waals surface area (Å²) in [6.07, 6.45) is 0.289. The molecule has 0 aliphatic carbocycles. The SMILES string of the molecule is CC(NC(=O)Cc1ccccc1Cl)c1ccc2ccccc2c1. The van der Waals surface area contributed by atoms with Crippen molar-refractivity contribution in [3.63, 3.8) is 0 Å². The molecule has 1 N–H and O–H groups in total. The first-order valence-electron chi connectivity index (χ1n) is 7.65. The lowest BCUT2D eigenvalue weighted by Gasteiger charge is -2.15. The van der Waals surface area contributed by atoms with Gasteiger partial charge >= 0.3 is 0 Å². The van der Waals surface area contributed by atoms with Gasteiger partial charge in [0.2, 0.25) is 5.91 Å². The highest BCUT2D eigenvalue weighted by Crippen LogP contribution is 2.21. The van der Waals surface area contributed by atoms with Crippen LogP contribution in [0.3, 0.4) is 0 Å². The van der Waals surface area contributed by atoms with Crippen molar-refractivity contribution in [2.75, 3.05) is 0 Å². The Labute approximate surface area is 141 Å². The Kier molecular flexibility index (Phi) is 4.63. The zero-order valence-corrected chi connectivity index (χ0v) is 13.7. The molecule has 0 aliphatic rings. The third-order valence-electron chi connectivity index (χ3n) is 3.96. The van der Waals surface area contributed by atoms with E-state index in [0.717, 1.165) is 11.1 Å².